The Labute approximate surface area is 155 Å². The van der Waals surface area contributed by atoms with Crippen LogP contribution in [0.1, 0.15) is 28.1 Å². The molecular weight excluding hydrogens is 408 g/mol. The number of halogens is 1. The van der Waals surface area contributed by atoms with Gasteiger partial charge in [0.15, 0.2) is 5.78 Å². The standard InChI is InChI=1S/C18H13BrO5S/c19-12-3-4-13-11(8-18(22)24-15(13)9-12)10-23-17(21)6-5-14(20)16-2-1-7-25-16/h1-4,7-9H,5-6,10H2. The van der Waals surface area contributed by atoms with Crippen molar-refractivity contribution in [1.29, 1.82) is 0 Å². The van der Waals surface area contributed by atoms with Gasteiger partial charge < -0.3 is 9.15 Å². The number of fused-ring (bicyclic) bond motifs is 1. The monoisotopic (exact) mass is 420 g/mol. The molecule has 0 radical (unpaired) electrons. The van der Waals surface area contributed by atoms with Crippen molar-refractivity contribution in [2.45, 2.75) is 19.4 Å². The molecule has 25 heavy (non-hydrogen) atoms. The largest absolute Gasteiger partial charge is 0.461 e. The third-order valence-electron chi connectivity index (χ3n) is 3.53. The minimum absolute atomic E-state index is 0.00164. The van der Waals surface area contributed by atoms with E-state index in [0.29, 0.717) is 21.4 Å². The zero-order chi connectivity index (χ0) is 17.8. The zero-order valence-electron chi connectivity index (χ0n) is 13.0. The van der Waals surface area contributed by atoms with E-state index in [0.717, 1.165) is 4.47 Å². The fourth-order valence-corrected chi connectivity index (χ4v) is 3.36. The number of carbonyl (C=O) groups excluding carboxylic acids is 2. The van der Waals surface area contributed by atoms with E-state index in [1.165, 1.54) is 17.4 Å². The molecule has 0 amide bonds. The molecule has 0 atom stereocenters. The number of hydrogen-bond donors (Lipinski definition) is 0. The molecule has 1 aromatic carbocycles. The summed E-state index contributed by atoms with van der Waals surface area (Å²) in [7, 11) is 0. The van der Waals surface area contributed by atoms with Crippen LogP contribution in [0.4, 0.5) is 0 Å². The highest BCUT2D eigenvalue weighted by molar-refractivity contribution is 9.10. The summed E-state index contributed by atoms with van der Waals surface area (Å²) in [6.45, 7) is -0.0459. The van der Waals surface area contributed by atoms with Crippen molar-refractivity contribution in [3.05, 3.63) is 67.1 Å². The number of hydrogen-bond acceptors (Lipinski definition) is 6. The normalized spacial score (nSPS) is 10.8. The van der Waals surface area contributed by atoms with Crippen molar-refractivity contribution >= 4 is 50.0 Å². The van der Waals surface area contributed by atoms with Gasteiger partial charge in [0, 0.05) is 27.9 Å². The molecule has 7 heteroatoms. The molecule has 0 bridgehead atoms. The van der Waals surface area contributed by atoms with Gasteiger partial charge in [0.2, 0.25) is 0 Å². The first-order valence-electron chi connectivity index (χ1n) is 7.47. The molecule has 0 aliphatic carbocycles. The Morgan fingerprint density at radius 3 is 2.76 bits per heavy atom. The van der Waals surface area contributed by atoms with Crippen LogP contribution in [0.25, 0.3) is 11.0 Å². The summed E-state index contributed by atoms with van der Waals surface area (Å²) in [6, 6.07) is 10.1. The molecule has 128 valence electrons. The van der Waals surface area contributed by atoms with Crippen LogP contribution < -0.4 is 5.63 Å². The number of Topliss-reactive ketones (excluding diaryl/α,β-unsaturated/α-hetero) is 1. The van der Waals surface area contributed by atoms with E-state index >= 15 is 0 Å². The van der Waals surface area contributed by atoms with E-state index < -0.39 is 11.6 Å². The van der Waals surface area contributed by atoms with Gasteiger partial charge >= 0.3 is 11.6 Å². The van der Waals surface area contributed by atoms with Gasteiger partial charge in [-0.3, -0.25) is 9.59 Å². The smallest absolute Gasteiger partial charge is 0.336 e. The van der Waals surface area contributed by atoms with Gasteiger partial charge in [0.25, 0.3) is 0 Å². The minimum atomic E-state index is -0.510. The Bertz CT molecular complexity index is 975. The molecule has 3 rings (SSSR count). The van der Waals surface area contributed by atoms with Crippen molar-refractivity contribution in [3.8, 4) is 0 Å². The van der Waals surface area contributed by atoms with Crippen molar-refractivity contribution < 1.29 is 18.7 Å². The Morgan fingerprint density at radius 2 is 2.00 bits per heavy atom. The molecule has 2 heterocycles. The molecule has 0 saturated heterocycles. The summed E-state index contributed by atoms with van der Waals surface area (Å²) in [5.74, 6) is -0.564. The SMILES string of the molecule is O=C(CCC(=O)c1cccs1)OCc1cc(=O)oc2cc(Br)ccc12. The van der Waals surface area contributed by atoms with E-state index in [9.17, 15) is 14.4 Å². The highest BCUT2D eigenvalue weighted by atomic mass is 79.9. The maximum Gasteiger partial charge on any atom is 0.336 e. The Kier molecular flexibility index (Phi) is 5.45. The molecule has 0 aliphatic heterocycles. The van der Waals surface area contributed by atoms with Crippen LogP contribution in [0.2, 0.25) is 0 Å². The van der Waals surface area contributed by atoms with E-state index in [-0.39, 0.29) is 25.2 Å². The maximum atomic E-state index is 11.9. The van der Waals surface area contributed by atoms with E-state index in [1.54, 1.807) is 24.3 Å². The van der Waals surface area contributed by atoms with Gasteiger partial charge in [-0.1, -0.05) is 22.0 Å². The molecule has 0 aliphatic rings. The summed E-state index contributed by atoms with van der Waals surface area (Å²) in [4.78, 5) is 36.0. The molecule has 2 aromatic heterocycles. The van der Waals surface area contributed by atoms with Crippen LogP contribution in [0, 0.1) is 0 Å². The fraction of sp³-hybridized carbons (Fsp3) is 0.167. The number of ether oxygens (including phenoxy) is 1. The summed E-state index contributed by atoms with van der Waals surface area (Å²) >= 11 is 4.66. The average molecular weight is 421 g/mol. The predicted octanol–water partition coefficient (Wildman–Crippen LogP) is 4.32. The topological polar surface area (TPSA) is 73.6 Å². The number of carbonyl (C=O) groups is 2. The number of rotatable bonds is 6. The van der Waals surface area contributed by atoms with Crippen LogP contribution in [-0.2, 0) is 16.1 Å². The van der Waals surface area contributed by atoms with Crippen molar-refractivity contribution in [1.82, 2.24) is 0 Å². The summed E-state index contributed by atoms with van der Waals surface area (Å²) in [5, 5.41) is 2.51. The Morgan fingerprint density at radius 1 is 1.16 bits per heavy atom. The molecule has 0 fully saturated rings. The van der Waals surface area contributed by atoms with Crippen LogP contribution in [0.5, 0.6) is 0 Å². The first-order valence-corrected chi connectivity index (χ1v) is 9.15. The molecule has 3 aromatic rings. The Balaban J connectivity index is 1.63. The van der Waals surface area contributed by atoms with Crippen LogP contribution in [0.15, 0.2) is 55.5 Å². The third-order valence-corrected chi connectivity index (χ3v) is 4.94. The van der Waals surface area contributed by atoms with E-state index in [2.05, 4.69) is 15.9 Å². The molecule has 0 spiro atoms. The van der Waals surface area contributed by atoms with Crippen molar-refractivity contribution in [2.75, 3.05) is 0 Å². The molecular formula is C18H13BrO5S. The number of benzene rings is 1. The fourth-order valence-electron chi connectivity index (χ4n) is 2.33. The lowest BCUT2D eigenvalue weighted by Gasteiger charge is -2.07. The average Bonchev–Trinajstić information content (AvgIpc) is 3.11. The highest BCUT2D eigenvalue weighted by Gasteiger charge is 2.13. The zero-order valence-corrected chi connectivity index (χ0v) is 15.4. The van der Waals surface area contributed by atoms with Crippen molar-refractivity contribution in [3.63, 3.8) is 0 Å². The second kappa shape index (κ2) is 7.76. The molecule has 0 N–H and O–H groups in total. The second-order valence-electron chi connectivity index (χ2n) is 5.29. The second-order valence-corrected chi connectivity index (χ2v) is 7.16. The van der Waals surface area contributed by atoms with Gasteiger partial charge in [0.05, 0.1) is 11.3 Å². The lowest BCUT2D eigenvalue weighted by Crippen LogP contribution is -2.09. The first kappa shape index (κ1) is 17.6. The number of esters is 1. The predicted molar refractivity (Wildman–Crippen MR) is 97.9 cm³/mol. The van der Waals surface area contributed by atoms with Gasteiger partial charge in [-0.05, 0) is 29.6 Å². The maximum absolute atomic E-state index is 11.9. The van der Waals surface area contributed by atoms with Crippen LogP contribution in [0.3, 0.4) is 0 Å². The lowest BCUT2D eigenvalue weighted by atomic mass is 10.1. The van der Waals surface area contributed by atoms with Gasteiger partial charge in [0.1, 0.15) is 12.2 Å². The lowest BCUT2D eigenvalue weighted by molar-refractivity contribution is -0.144. The van der Waals surface area contributed by atoms with Crippen molar-refractivity contribution in [2.24, 2.45) is 0 Å². The van der Waals surface area contributed by atoms with E-state index in [1.807, 2.05) is 11.4 Å². The van der Waals surface area contributed by atoms with Gasteiger partial charge in [-0.15, -0.1) is 11.3 Å². The molecule has 0 saturated carbocycles. The number of ketones is 1. The molecule has 5 nitrogen and oxygen atoms in total. The summed E-state index contributed by atoms with van der Waals surface area (Å²) in [6.07, 6.45) is 0.103. The third kappa shape index (κ3) is 4.43. The summed E-state index contributed by atoms with van der Waals surface area (Å²) in [5.41, 5.74) is 0.474. The number of thiophene rings is 1. The van der Waals surface area contributed by atoms with Gasteiger partial charge in [-0.25, -0.2) is 4.79 Å². The van der Waals surface area contributed by atoms with Gasteiger partial charge in [-0.2, -0.15) is 0 Å². The quantitative estimate of drug-likeness (QED) is 0.337. The highest BCUT2D eigenvalue weighted by Crippen LogP contribution is 2.22. The van der Waals surface area contributed by atoms with E-state index in [4.69, 9.17) is 9.15 Å². The Hall–Kier alpha value is -2.25. The molecule has 0 unspecified atom stereocenters. The first-order chi connectivity index (χ1) is 12.0. The van der Waals surface area contributed by atoms with Crippen LogP contribution in [-0.4, -0.2) is 11.8 Å². The van der Waals surface area contributed by atoms with Crippen LogP contribution >= 0.6 is 27.3 Å². The minimum Gasteiger partial charge on any atom is -0.461 e. The summed E-state index contributed by atoms with van der Waals surface area (Å²) < 4.78 is 11.1.